The Kier molecular flexibility index (Phi) is 8.13. The van der Waals surface area contributed by atoms with Crippen LogP contribution in [-0.4, -0.2) is 63.0 Å². The molecular weight excluding hydrogens is 369 g/mol. The highest BCUT2D eigenvalue weighted by atomic mass is 127. The molecule has 2 aliphatic rings. The van der Waals surface area contributed by atoms with Crippen molar-refractivity contribution in [2.75, 3.05) is 39.9 Å². The summed E-state index contributed by atoms with van der Waals surface area (Å²) in [6.45, 7) is 8.78. The molecule has 2 atom stereocenters. The number of aliphatic imine (C=N–C) groups is 1. The predicted molar refractivity (Wildman–Crippen MR) is 91.9 cm³/mol. The van der Waals surface area contributed by atoms with Crippen LogP contribution in [0.5, 0.6) is 0 Å². The van der Waals surface area contributed by atoms with Crippen molar-refractivity contribution >= 4 is 29.9 Å². The summed E-state index contributed by atoms with van der Waals surface area (Å²) in [5.74, 6) is 1.60. The molecule has 20 heavy (non-hydrogen) atoms. The Balaban J connectivity index is 0.00000200. The highest BCUT2D eigenvalue weighted by molar-refractivity contribution is 14.0. The summed E-state index contributed by atoms with van der Waals surface area (Å²) >= 11 is 0. The zero-order chi connectivity index (χ0) is 13.7. The van der Waals surface area contributed by atoms with Crippen LogP contribution in [-0.2, 0) is 9.47 Å². The first-order chi connectivity index (χ1) is 9.20. The molecule has 2 fully saturated rings. The van der Waals surface area contributed by atoms with Crippen LogP contribution in [0, 0.1) is 5.92 Å². The Morgan fingerprint density at radius 2 is 2.05 bits per heavy atom. The first-order valence-corrected chi connectivity index (χ1v) is 7.39. The van der Waals surface area contributed by atoms with Crippen molar-refractivity contribution < 1.29 is 9.47 Å². The first kappa shape index (κ1) is 18.0. The fourth-order valence-electron chi connectivity index (χ4n) is 2.62. The lowest BCUT2D eigenvalue weighted by molar-refractivity contribution is -0.0817. The Hall–Kier alpha value is -0.0800. The normalized spacial score (nSPS) is 27.6. The largest absolute Gasteiger partial charge is 0.375 e. The van der Waals surface area contributed by atoms with E-state index in [-0.39, 0.29) is 36.2 Å². The van der Waals surface area contributed by atoms with E-state index in [1.807, 2.05) is 7.05 Å². The zero-order valence-corrected chi connectivity index (χ0v) is 15.1. The van der Waals surface area contributed by atoms with Gasteiger partial charge in [0.25, 0.3) is 0 Å². The second-order valence-electron chi connectivity index (χ2n) is 5.73. The third-order valence-electron chi connectivity index (χ3n) is 3.65. The average molecular weight is 397 g/mol. The summed E-state index contributed by atoms with van der Waals surface area (Å²) in [4.78, 5) is 6.67. The number of ether oxygens (including phenoxy) is 2. The van der Waals surface area contributed by atoms with E-state index in [1.54, 1.807) is 0 Å². The van der Waals surface area contributed by atoms with Gasteiger partial charge in [-0.15, -0.1) is 24.0 Å². The van der Waals surface area contributed by atoms with Gasteiger partial charge in [-0.1, -0.05) is 13.8 Å². The maximum absolute atomic E-state index is 5.86. The second kappa shape index (κ2) is 9.04. The van der Waals surface area contributed by atoms with Crippen molar-refractivity contribution in [1.29, 1.82) is 0 Å². The molecule has 6 heteroatoms. The predicted octanol–water partition coefficient (Wildman–Crippen LogP) is 1.72. The summed E-state index contributed by atoms with van der Waals surface area (Å²) < 4.78 is 11.6. The van der Waals surface area contributed by atoms with Crippen LogP contribution < -0.4 is 5.32 Å². The molecule has 0 amide bonds. The van der Waals surface area contributed by atoms with Gasteiger partial charge in [-0.05, 0) is 18.8 Å². The van der Waals surface area contributed by atoms with Crippen LogP contribution in [0.1, 0.15) is 26.7 Å². The number of hydrogen-bond donors (Lipinski definition) is 1. The van der Waals surface area contributed by atoms with E-state index in [9.17, 15) is 0 Å². The number of guanidine groups is 1. The van der Waals surface area contributed by atoms with Gasteiger partial charge in [-0.2, -0.15) is 0 Å². The van der Waals surface area contributed by atoms with E-state index in [1.165, 1.54) is 0 Å². The molecule has 0 saturated carbocycles. The number of hydrogen-bond acceptors (Lipinski definition) is 3. The van der Waals surface area contributed by atoms with Gasteiger partial charge in [-0.3, -0.25) is 4.99 Å². The van der Waals surface area contributed by atoms with Crippen LogP contribution in [0.15, 0.2) is 4.99 Å². The van der Waals surface area contributed by atoms with E-state index in [2.05, 4.69) is 29.1 Å². The first-order valence-electron chi connectivity index (χ1n) is 7.39. The second-order valence-corrected chi connectivity index (χ2v) is 5.73. The Morgan fingerprint density at radius 3 is 2.65 bits per heavy atom. The van der Waals surface area contributed by atoms with Gasteiger partial charge in [0.05, 0.1) is 12.7 Å². The lowest BCUT2D eigenvalue weighted by Crippen LogP contribution is -2.53. The van der Waals surface area contributed by atoms with Crippen LogP contribution in [0.25, 0.3) is 0 Å². The van der Waals surface area contributed by atoms with E-state index in [4.69, 9.17) is 9.47 Å². The van der Waals surface area contributed by atoms with E-state index >= 15 is 0 Å². The molecule has 0 aromatic heterocycles. The third-order valence-corrected chi connectivity index (χ3v) is 3.65. The van der Waals surface area contributed by atoms with Crippen molar-refractivity contribution in [3.8, 4) is 0 Å². The van der Waals surface area contributed by atoms with E-state index in [0.717, 1.165) is 51.6 Å². The Labute approximate surface area is 139 Å². The van der Waals surface area contributed by atoms with Crippen molar-refractivity contribution in [1.82, 2.24) is 10.2 Å². The van der Waals surface area contributed by atoms with E-state index in [0.29, 0.717) is 5.92 Å². The van der Waals surface area contributed by atoms with Gasteiger partial charge >= 0.3 is 0 Å². The number of rotatable bonds is 3. The lowest BCUT2D eigenvalue weighted by Gasteiger charge is -2.37. The molecule has 0 radical (unpaired) electrons. The van der Waals surface area contributed by atoms with Gasteiger partial charge in [0.15, 0.2) is 5.96 Å². The summed E-state index contributed by atoms with van der Waals surface area (Å²) in [5, 5.41) is 3.43. The molecule has 0 aromatic rings. The van der Waals surface area contributed by atoms with Crippen LogP contribution in [0.4, 0.5) is 0 Å². The van der Waals surface area contributed by atoms with Crippen molar-refractivity contribution in [2.24, 2.45) is 10.9 Å². The lowest BCUT2D eigenvalue weighted by atomic mass is 10.1. The van der Waals surface area contributed by atoms with Crippen LogP contribution in [0.3, 0.4) is 0 Å². The molecule has 0 aliphatic carbocycles. The SMILES string of the molecule is CN=C(NCC(C)C)N1CCOC(C2CCCO2)C1.I. The fraction of sp³-hybridized carbons (Fsp3) is 0.929. The fourth-order valence-corrected chi connectivity index (χ4v) is 2.62. The minimum absolute atomic E-state index is 0. The monoisotopic (exact) mass is 397 g/mol. The van der Waals surface area contributed by atoms with Crippen molar-refractivity contribution in [2.45, 2.75) is 38.9 Å². The van der Waals surface area contributed by atoms with Gasteiger partial charge < -0.3 is 19.7 Å². The zero-order valence-electron chi connectivity index (χ0n) is 12.8. The molecule has 2 saturated heterocycles. The summed E-state index contributed by atoms with van der Waals surface area (Å²) in [5.41, 5.74) is 0. The van der Waals surface area contributed by atoms with Gasteiger partial charge in [0.2, 0.25) is 0 Å². The standard InChI is InChI=1S/C14H27N3O2.HI/c1-11(2)9-16-14(15-3)17-6-8-19-13(10-17)12-5-4-7-18-12;/h11-13H,4-10H2,1-3H3,(H,15,16);1H. The number of morpholine rings is 1. The molecular formula is C14H28IN3O2. The Morgan fingerprint density at radius 1 is 1.30 bits per heavy atom. The summed E-state index contributed by atoms with van der Waals surface area (Å²) in [7, 11) is 1.85. The van der Waals surface area contributed by atoms with Crippen LogP contribution in [0.2, 0.25) is 0 Å². The quantitative estimate of drug-likeness (QED) is 0.448. The molecule has 0 spiro atoms. The van der Waals surface area contributed by atoms with Gasteiger partial charge in [-0.25, -0.2) is 0 Å². The molecule has 0 bridgehead atoms. The molecule has 5 nitrogen and oxygen atoms in total. The maximum atomic E-state index is 5.86. The highest BCUT2D eigenvalue weighted by Crippen LogP contribution is 2.20. The number of nitrogens with one attached hydrogen (secondary N) is 1. The smallest absolute Gasteiger partial charge is 0.193 e. The highest BCUT2D eigenvalue weighted by Gasteiger charge is 2.32. The minimum Gasteiger partial charge on any atom is -0.375 e. The molecule has 2 unspecified atom stereocenters. The van der Waals surface area contributed by atoms with Gasteiger partial charge in [0, 0.05) is 33.3 Å². The molecule has 1 N–H and O–H groups in total. The molecule has 2 heterocycles. The topological polar surface area (TPSA) is 46.1 Å². The summed E-state index contributed by atoms with van der Waals surface area (Å²) in [6.07, 6.45) is 2.74. The molecule has 118 valence electrons. The summed E-state index contributed by atoms with van der Waals surface area (Å²) in [6, 6.07) is 0. The minimum atomic E-state index is 0. The average Bonchev–Trinajstić information content (AvgIpc) is 2.93. The molecule has 0 aromatic carbocycles. The maximum Gasteiger partial charge on any atom is 0.193 e. The van der Waals surface area contributed by atoms with Crippen molar-refractivity contribution in [3.05, 3.63) is 0 Å². The molecule has 2 rings (SSSR count). The van der Waals surface area contributed by atoms with Crippen LogP contribution >= 0.6 is 24.0 Å². The number of halogens is 1. The van der Waals surface area contributed by atoms with E-state index < -0.39 is 0 Å². The van der Waals surface area contributed by atoms with Gasteiger partial charge in [0.1, 0.15) is 6.10 Å². The Bertz CT molecular complexity index is 307. The van der Waals surface area contributed by atoms with Crippen molar-refractivity contribution in [3.63, 3.8) is 0 Å². The molecule has 2 aliphatic heterocycles. The number of nitrogens with zero attached hydrogens (tertiary/aromatic N) is 2. The third kappa shape index (κ3) is 5.04.